The molecule has 5 nitrogen and oxygen atoms in total. The van der Waals surface area contributed by atoms with Crippen molar-refractivity contribution in [2.75, 3.05) is 0 Å². The third kappa shape index (κ3) is 5.69. The van der Waals surface area contributed by atoms with Crippen molar-refractivity contribution in [2.24, 2.45) is 0 Å². The minimum absolute atomic E-state index is 0.623. The molecule has 0 unspecified atom stereocenters. The van der Waals surface area contributed by atoms with E-state index in [2.05, 4.69) is 228 Å². The molecule has 70 heavy (non-hydrogen) atoms. The predicted molar refractivity (Wildman–Crippen MR) is 292 cm³/mol. The molecule has 5 heteroatoms. The van der Waals surface area contributed by atoms with Crippen LogP contribution in [0.25, 0.3) is 143 Å². The summed E-state index contributed by atoms with van der Waals surface area (Å²) in [5.74, 6) is 1.89. The highest BCUT2D eigenvalue weighted by atomic mass is 15.0. The number of hydrogen-bond donors (Lipinski definition) is 0. The topological polar surface area (TPSA) is 48.5 Å². The molecular weight excluding hydrogens is 851 g/mol. The molecule has 12 aromatic carbocycles. The van der Waals surface area contributed by atoms with Gasteiger partial charge in [-0.2, -0.15) is 0 Å². The zero-order valence-corrected chi connectivity index (χ0v) is 37.8. The van der Waals surface area contributed by atoms with Crippen molar-refractivity contribution in [3.63, 3.8) is 0 Å². The molecule has 0 saturated carbocycles. The van der Waals surface area contributed by atoms with E-state index in [1.165, 1.54) is 70.6 Å². The van der Waals surface area contributed by atoms with Crippen LogP contribution in [0.1, 0.15) is 0 Å². The maximum absolute atomic E-state index is 5.41. The number of hydrogen-bond acceptors (Lipinski definition) is 3. The molecule has 0 aliphatic heterocycles. The largest absolute Gasteiger partial charge is 0.309 e. The standard InChI is InChI=1S/C65H39N5/c1-2-18-40(19-3-1)63-66-64(68-65(67-63)55-37-43-22-6-8-24-45(43)47-26-10-11-27-48(47)55)52-32-16-31-50-49(52)30-17-35-56(50)69-58-34-15-13-29-53(58)61-60(69)39-44-23-7-9-25-46(44)62(61)70-57-33-14-12-28-51(57)54-36-41-20-4-5-21-42(41)38-59(54)70/h1-39H. The Labute approximate surface area is 401 Å². The zero-order chi connectivity index (χ0) is 45.9. The molecule has 0 saturated heterocycles. The van der Waals surface area contributed by atoms with Gasteiger partial charge in [-0.05, 0) is 85.6 Å². The van der Waals surface area contributed by atoms with E-state index >= 15 is 0 Å². The van der Waals surface area contributed by atoms with E-state index in [0.29, 0.717) is 17.5 Å². The SMILES string of the molecule is c1ccc(-c2nc(-c3cccc4c(-n5c6ccccc6c6c(-n7c8ccccc8c8cc9ccccc9cc87)c7ccccc7cc65)cccc34)nc(-c3cc4ccccc4c4ccccc34)n2)cc1. The molecule has 0 fully saturated rings. The summed E-state index contributed by atoms with van der Waals surface area (Å²) in [6.45, 7) is 0. The van der Waals surface area contributed by atoms with Crippen molar-refractivity contribution < 1.29 is 0 Å². The average molecular weight is 890 g/mol. The summed E-state index contributed by atoms with van der Waals surface area (Å²) >= 11 is 0. The summed E-state index contributed by atoms with van der Waals surface area (Å²) in [4.78, 5) is 15.9. The van der Waals surface area contributed by atoms with Gasteiger partial charge in [0.25, 0.3) is 0 Å². The fraction of sp³-hybridized carbons (Fsp3) is 0. The quantitative estimate of drug-likeness (QED) is 0.162. The van der Waals surface area contributed by atoms with Gasteiger partial charge in [0.05, 0.1) is 33.4 Å². The van der Waals surface area contributed by atoms with E-state index < -0.39 is 0 Å². The number of para-hydroxylation sites is 2. The van der Waals surface area contributed by atoms with Gasteiger partial charge in [-0.15, -0.1) is 0 Å². The lowest BCUT2D eigenvalue weighted by molar-refractivity contribution is 1.08. The summed E-state index contributed by atoms with van der Waals surface area (Å²) in [6, 6.07) is 85.3. The Morgan fingerprint density at radius 1 is 0.257 bits per heavy atom. The van der Waals surface area contributed by atoms with Gasteiger partial charge >= 0.3 is 0 Å². The summed E-state index contributed by atoms with van der Waals surface area (Å²) in [6.07, 6.45) is 0. The normalized spacial score (nSPS) is 12.0. The second kappa shape index (κ2) is 15.0. The smallest absolute Gasteiger partial charge is 0.164 e. The third-order valence-electron chi connectivity index (χ3n) is 14.5. The van der Waals surface area contributed by atoms with Gasteiger partial charge in [-0.25, -0.2) is 15.0 Å². The molecule has 0 amide bonds. The van der Waals surface area contributed by atoms with Crippen molar-refractivity contribution in [1.29, 1.82) is 0 Å². The second-order valence-corrected chi connectivity index (χ2v) is 18.3. The third-order valence-corrected chi connectivity index (χ3v) is 14.5. The molecular formula is C65H39N5. The molecule has 0 radical (unpaired) electrons. The lowest BCUT2D eigenvalue weighted by Crippen LogP contribution is -2.02. The van der Waals surface area contributed by atoms with Gasteiger partial charge in [-0.3, -0.25) is 0 Å². The molecule has 3 aromatic heterocycles. The van der Waals surface area contributed by atoms with Gasteiger partial charge in [0.1, 0.15) is 0 Å². The van der Waals surface area contributed by atoms with Crippen LogP contribution in [-0.4, -0.2) is 24.1 Å². The van der Waals surface area contributed by atoms with Gasteiger partial charge in [0.15, 0.2) is 17.5 Å². The first-order valence-electron chi connectivity index (χ1n) is 23.9. The van der Waals surface area contributed by atoms with Crippen LogP contribution in [0.15, 0.2) is 237 Å². The Morgan fingerprint density at radius 3 is 1.56 bits per heavy atom. The first-order chi connectivity index (χ1) is 34.7. The van der Waals surface area contributed by atoms with Gasteiger partial charge in [0.2, 0.25) is 0 Å². The Bertz CT molecular complexity index is 4660. The van der Waals surface area contributed by atoms with E-state index in [9.17, 15) is 0 Å². The molecule has 15 rings (SSSR count). The Balaban J connectivity index is 1.01. The molecule has 0 N–H and O–H groups in total. The highest BCUT2D eigenvalue weighted by Gasteiger charge is 2.24. The van der Waals surface area contributed by atoms with Crippen LogP contribution in [0, 0.1) is 0 Å². The monoisotopic (exact) mass is 889 g/mol. The molecule has 15 aromatic rings. The number of nitrogens with zero attached hydrogens (tertiary/aromatic N) is 5. The van der Waals surface area contributed by atoms with E-state index in [0.717, 1.165) is 55.0 Å². The maximum Gasteiger partial charge on any atom is 0.164 e. The van der Waals surface area contributed by atoms with Crippen LogP contribution < -0.4 is 0 Å². The number of benzene rings is 12. The highest BCUT2D eigenvalue weighted by Crippen LogP contribution is 2.45. The van der Waals surface area contributed by atoms with Crippen molar-refractivity contribution in [3.8, 4) is 45.5 Å². The second-order valence-electron chi connectivity index (χ2n) is 18.3. The molecule has 0 aliphatic rings. The highest BCUT2D eigenvalue weighted by molar-refractivity contribution is 6.23. The number of aromatic nitrogens is 5. The lowest BCUT2D eigenvalue weighted by atomic mass is 9.96. The first-order valence-corrected chi connectivity index (χ1v) is 23.9. The van der Waals surface area contributed by atoms with Gasteiger partial charge < -0.3 is 9.13 Å². The fourth-order valence-corrected chi connectivity index (χ4v) is 11.4. The molecule has 0 bridgehead atoms. The molecule has 3 heterocycles. The van der Waals surface area contributed by atoms with E-state index in [4.69, 9.17) is 15.0 Å². The molecule has 0 aliphatic carbocycles. The van der Waals surface area contributed by atoms with Crippen molar-refractivity contribution in [2.45, 2.75) is 0 Å². The van der Waals surface area contributed by atoms with E-state index in [1.807, 2.05) is 18.2 Å². The van der Waals surface area contributed by atoms with Crippen LogP contribution in [-0.2, 0) is 0 Å². The van der Waals surface area contributed by atoms with Crippen LogP contribution in [0.2, 0.25) is 0 Å². The summed E-state index contributed by atoms with van der Waals surface area (Å²) < 4.78 is 5.01. The van der Waals surface area contributed by atoms with Crippen molar-refractivity contribution in [3.05, 3.63) is 237 Å². The molecule has 324 valence electrons. The average Bonchev–Trinajstić information content (AvgIpc) is 3.93. The predicted octanol–water partition coefficient (Wildman–Crippen LogP) is 16.8. The van der Waals surface area contributed by atoms with Crippen molar-refractivity contribution >= 4 is 97.5 Å². The van der Waals surface area contributed by atoms with Crippen LogP contribution in [0.4, 0.5) is 0 Å². The molecule has 0 spiro atoms. The van der Waals surface area contributed by atoms with Gasteiger partial charge in [0, 0.05) is 49.0 Å². The number of fused-ring (bicyclic) bond motifs is 12. The minimum Gasteiger partial charge on any atom is -0.309 e. The summed E-state index contributed by atoms with van der Waals surface area (Å²) in [7, 11) is 0. The Kier molecular flexibility index (Phi) is 8.29. The van der Waals surface area contributed by atoms with Gasteiger partial charge in [-0.1, -0.05) is 194 Å². The summed E-state index contributed by atoms with van der Waals surface area (Å²) in [5, 5.41) is 16.5. The Hall–Kier alpha value is -9.45. The van der Waals surface area contributed by atoms with E-state index in [-0.39, 0.29) is 0 Å². The summed E-state index contributed by atoms with van der Waals surface area (Å²) in [5.41, 5.74) is 9.74. The fourth-order valence-electron chi connectivity index (χ4n) is 11.4. The maximum atomic E-state index is 5.41. The number of rotatable bonds is 5. The van der Waals surface area contributed by atoms with Crippen molar-refractivity contribution in [1.82, 2.24) is 24.1 Å². The van der Waals surface area contributed by atoms with Crippen LogP contribution in [0.5, 0.6) is 0 Å². The lowest BCUT2D eigenvalue weighted by Gasteiger charge is -2.17. The first kappa shape index (κ1) is 38.6. The van der Waals surface area contributed by atoms with E-state index in [1.54, 1.807) is 0 Å². The Morgan fingerprint density at radius 2 is 0.771 bits per heavy atom. The molecule has 0 atom stereocenters. The minimum atomic E-state index is 0.623. The van der Waals surface area contributed by atoms with Crippen LogP contribution >= 0.6 is 0 Å². The van der Waals surface area contributed by atoms with Crippen LogP contribution in [0.3, 0.4) is 0 Å². The zero-order valence-electron chi connectivity index (χ0n) is 37.8.